The van der Waals surface area contributed by atoms with E-state index in [9.17, 15) is 0 Å². The second kappa shape index (κ2) is 5.97. The van der Waals surface area contributed by atoms with Crippen LogP contribution in [-0.2, 0) is 6.54 Å². The van der Waals surface area contributed by atoms with Crippen LogP contribution in [0.15, 0.2) is 47.1 Å². The van der Waals surface area contributed by atoms with E-state index in [0.717, 1.165) is 52.6 Å². The molecule has 1 aromatic carbocycles. The van der Waals surface area contributed by atoms with E-state index in [0.29, 0.717) is 5.75 Å². The van der Waals surface area contributed by atoms with E-state index in [4.69, 9.17) is 9.84 Å². The molecule has 2 aromatic heterocycles. The van der Waals surface area contributed by atoms with Crippen molar-refractivity contribution in [3.8, 4) is 28.6 Å². The molecule has 2 aliphatic heterocycles. The number of halogens is 1. The summed E-state index contributed by atoms with van der Waals surface area (Å²) in [6.07, 6.45) is 4.34. The molecule has 3 aromatic rings. The van der Waals surface area contributed by atoms with Crippen LogP contribution in [0.5, 0.6) is 11.5 Å². The van der Waals surface area contributed by atoms with Gasteiger partial charge in [0.25, 0.3) is 0 Å². The van der Waals surface area contributed by atoms with E-state index in [1.807, 2.05) is 28.9 Å². The van der Waals surface area contributed by atoms with Gasteiger partial charge in [0.15, 0.2) is 11.6 Å². The molecule has 0 spiro atoms. The molecule has 1 fully saturated rings. The molecule has 0 aliphatic carbocycles. The smallest absolute Gasteiger partial charge is 0.197 e. The van der Waals surface area contributed by atoms with Gasteiger partial charge in [0.05, 0.1) is 11.4 Å². The van der Waals surface area contributed by atoms with Crippen molar-refractivity contribution >= 4 is 15.9 Å². The molecule has 0 saturated carbocycles. The van der Waals surface area contributed by atoms with Gasteiger partial charge >= 0.3 is 0 Å². The monoisotopic (exact) mass is 396 g/mol. The largest absolute Gasteiger partial charge is 0.453 e. The predicted molar refractivity (Wildman–Crippen MR) is 99.1 cm³/mol. The Morgan fingerprint density at radius 3 is 2.80 bits per heavy atom. The van der Waals surface area contributed by atoms with Gasteiger partial charge in [0, 0.05) is 28.8 Å². The van der Waals surface area contributed by atoms with Crippen LogP contribution in [0.1, 0.15) is 18.5 Å². The summed E-state index contributed by atoms with van der Waals surface area (Å²) in [5.74, 6) is 2.26. The summed E-state index contributed by atoms with van der Waals surface area (Å²) in [4.78, 5) is 7.02. The van der Waals surface area contributed by atoms with E-state index in [1.165, 1.54) is 12.8 Å². The molecule has 25 heavy (non-hydrogen) atoms. The number of nitrogens with zero attached hydrogens (tertiary/aromatic N) is 4. The first-order valence-corrected chi connectivity index (χ1v) is 9.32. The van der Waals surface area contributed by atoms with Crippen LogP contribution < -0.4 is 4.74 Å². The van der Waals surface area contributed by atoms with Crippen molar-refractivity contribution < 1.29 is 4.74 Å². The topological polar surface area (TPSA) is 43.2 Å². The molecule has 6 heteroatoms. The fourth-order valence-electron chi connectivity index (χ4n) is 3.56. The number of aromatic nitrogens is 3. The van der Waals surface area contributed by atoms with E-state index in [1.54, 1.807) is 6.20 Å². The highest BCUT2D eigenvalue weighted by molar-refractivity contribution is 9.10. The van der Waals surface area contributed by atoms with Crippen LogP contribution in [0.3, 0.4) is 0 Å². The lowest BCUT2D eigenvalue weighted by atomic mass is 10.1. The summed E-state index contributed by atoms with van der Waals surface area (Å²) >= 11 is 3.48. The third-order valence-electron chi connectivity index (χ3n) is 4.73. The number of hydrogen-bond donors (Lipinski definition) is 0. The standard InChI is InChI=1S/C19H17BrN4O/c20-13-9-18-19(21-11-13)24-16(15-5-1-2-6-17(15)25-18)10-14(22-24)12-23-7-3-4-8-23/h1-2,5-6,9-11H,3-4,7-8,12H2. The van der Waals surface area contributed by atoms with Crippen molar-refractivity contribution in [1.82, 2.24) is 19.7 Å². The summed E-state index contributed by atoms with van der Waals surface area (Å²) in [5.41, 5.74) is 3.14. The highest BCUT2D eigenvalue weighted by Crippen LogP contribution is 2.41. The summed E-state index contributed by atoms with van der Waals surface area (Å²) < 4.78 is 8.94. The highest BCUT2D eigenvalue weighted by Gasteiger charge is 2.24. The third kappa shape index (κ3) is 2.65. The van der Waals surface area contributed by atoms with Gasteiger partial charge in [0.2, 0.25) is 0 Å². The van der Waals surface area contributed by atoms with Crippen molar-refractivity contribution in [2.75, 3.05) is 13.1 Å². The van der Waals surface area contributed by atoms with Crippen LogP contribution in [0.25, 0.3) is 17.1 Å². The summed E-state index contributed by atoms with van der Waals surface area (Å²) in [6.45, 7) is 3.20. The zero-order valence-corrected chi connectivity index (χ0v) is 15.2. The van der Waals surface area contributed by atoms with Crippen molar-refractivity contribution in [1.29, 1.82) is 0 Å². The summed E-state index contributed by atoms with van der Waals surface area (Å²) in [7, 11) is 0. The van der Waals surface area contributed by atoms with Gasteiger partial charge in [0.1, 0.15) is 5.75 Å². The molecule has 5 nitrogen and oxygen atoms in total. The third-order valence-corrected chi connectivity index (χ3v) is 5.16. The molecular weight excluding hydrogens is 380 g/mol. The predicted octanol–water partition coefficient (Wildman–Crippen LogP) is 4.40. The molecule has 0 bridgehead atoms. The van der Waals surface area contributed by atoms with Gasteiger partial charge in [-0.3, -0.25) is 4.90 Å². The number of benzene rings is 1. The Kier molecular flexibility index (Phi) is 3.60. The van der Waals surface area contributed by atoms with Crippen molar-refractivity contribution in [2.24, 2.45) is 0 Å². The van der Waals surface area contributed by atoms with Gasteiger partial charge in [-0.25, -0.2) is 9.67 Å². The SMILES string of the molecule is Brc1cnc2c(c1)Oc1ccccc1-c1cc(CN3CCCC3)nn1-2. The van der Waals surface area contributed by atoms with Crippen LogP contribution in [0.2, 0.25) is 0 Å². The lowest BCUT2D eigenvalue weighted by Crippen LogP contribution is -2.18. The van der Waals surface area contributed by atoms with E-state index in [2.05, 4.69) is 37.9 Å². The van der Waals surface area contributed by atoms with Crippen molar-refractivity contribution in [3.05, 3.63) is 52.8 Å². The molecule has 1 saturated heterocycles. The second-order valence-corrected chi connectivity index (χ2v) is 7.41. The Labute approximate surface area is 154 Å². The van der Waals surface area contributed by atoms with Gasteiger partial charge in [-0.05, 0) is 60.1 Å². The Balaban J connectivity index is 1.67. The minimum absolute atomic E-state index is 0.705. The zero-order chi connectivity index (χ0) is 16.8. The minimum Gasteiger partial charge on any atom is -0.453 e. The highest BCUT2D eigenvalue weighted by atomic mass is 79.9. The van der Waals surface area contributed by atoms with Gasteiger partial charge in [-0.1, -0.05) is 12.1 Å². The van der Waals surface area contributed by atoms with E-state index >= 15 is 0 Å². The number of rotatable bonds is 2. The first kappa shape index (κ1) is 15.1. The number of ether oxygens (including phenoxy) is 1. The molecule has 0 N–H and O–H groups in total. The van der Waals surface area contributed by atoms with Gasteiger partial charge < -0.3 is 4.74 Å². The normalized spacial score (nSPS) is 15.9. The Morgan fingerprint density at radius 2 is 1.92 bits per heavy atom. The maximum Gasteiger partial charge on any atom is 0.197 e. The maximum absolute atomic E-state index is 6.13. The first-order valence-electron chi connectivity index (χ1n) is 8.52. The average Bonchev–Trinajstić information content (AvgIpc) is 3.24. The second-order valence-electron chi connectivity index (χ2n) is 6.49. The van der Waals surface area contributed by atoms with Crippen molar-refractivity contribution in [2.45, 2.75) is 19.4 Å². The van der Waals surface area contributed by atoms with Crippen LogP contribution in [-0.4, -0.2) is 32.8 Å². The molecular formula is C19H17BrN4O. The number of hydrogen-bond acceptors (Lipinski definition) is 4. The molecule has 0 radical (unpaired) electrons. The molecule has 5 rings (SSSR count). The van der Waals surface area contributed by atoms with E-state index in [-0.39, 0.29) is 0 Å². The number of para-hydroxylation sites is 1. The van der Waals surface area contributed by atoms with Crippen LogP contribution in [0, 0.1) is 0 Å². The first-order chi connectivity index (χ1) is 12.3. The quantitative estimate of drug-likeness (QED) is 0.503. The lowest BCUT2D eigenvalue weighted by Gasteiger charge is -2.12. The Morgan fingerprint density at radius 1 is 1.08 bits per heavy atom. The maximum atomic E-state index is 6.13. The Bertz CT molecular complexity index is 946. The minimum atomic E-state index is 0.705. The fraction of sp³-hybridized carbons (Fsp3) is 0.263. The molecule has 126 valence electrons. The van der Waals surface area contributed by atoms with Gasteiger partial charge in [-0.2, -0.15) is 5.10 Å². The number of fused-ring (bicyclic) bond motifs is 5. The van der Waals surface area contributed by atoms with Gasteiger partial charge in [-0.15, -0.1) is 0 Å². The number of likely N-dealkylation sites (tertiary alicyclic amines) is 1. The average molecular weight is 397 g/mol. The molecule has 2 aliphatic rings. The molecule has 4 heterocycles. The molecule has 0 amide bonds. The zero-order valence-electron chi connectivity index (χ0n) is 13.7. The molecule has 0 atom stereocenters. The number of pyridine rings is 1. The van der Waals surface area contributed by atoms with Crippen LogP contribution >= 0.6 is 15.9 Å². The summed E-state index contributed by atoms with van der Waals surface area (Å²) in [6, 6.07) is 12.2. The molecule has 0 unspecified atom stereocenters. The Hall–Kier alpha value is -2.18. The fourth-order valence-corrected chi connectivity index (χ4v) is 3.87. The summed E-state index contributed by atoms with van der Waals surface area (Å²) in [5, 5.41) is 4.86. The van der Waals surface area contributed by atoms with Crippen LogP contribution in [0.4, 0.5) is 0 Å². The van der Waals surface area contributed by atoms with E-state index < -0.39 is 0 Å². The van der Waals surface area contributed by atoms with Crippen molar-refractivity contribution in [3.63, 3.8) is 0 Å². The lowest BCUT2D eigenvalue weighted by molar-refractivity contribution is 0.326.